The summed E-state index contributed by atoms with van der Waals surface area (Å²) >= 11 is 0. The predicted molar refractivity (Wildman–Crippen MR) is 105 cm³/mol. The van der Waals surface area contributed by atoms with Gasteiger partial charge in [0.15, 0.2) is 0 Å². The molecule has 150 valence electrons. The normalized spacial score (nSPS) is 26.9. The van der Waals surface area contributed by atoms with E-state index in [9.17, 15) is 13.2 Å². The van der Waals surface area contributed by atoms with Crippen molar-refractivity contribution in [2.45, 2.75) is 44.7 Å². The first kappa shape index (κ1) is 19.1. The summed E-state index contributed by atoms with van der Waals surface area (Å²) < 4.78 is 29.9. The molecule has 0 N–H and O–H groups in total. The SMILES string of the molecule is CN(C)S(=O)(=O)N1C[C@@H]2C[C@H](C1)c1ccc(CN3CCCCC3)c(=O)n1C2. The van der Waals surface area contributed by atoms with E-state index in [0.29, 0.717) is 19.6 Å². The molecule has 7 nitrogen and oxygen atoms in total. The summed E-state index contributed by atoms with van der Waals surface area (Å²) in [5, 5.41) is 0. The molecule has 27 heavy (non-hydrogen) atoms. The summed E-state index contributed by atoms with van der Waals surface area (Å²) in [5.74, 6) is 0.304. The Morgan fingerprint density at radius 3 is 2.52 bits per heavy atom. The van der Waals surface area contributed by atoms with Crippen molar-refractivity contribution in [3.63, 3.8) is 0 Å². The molecule has 2 saturated heterocycles. The molecule has 0 aliphatic carbocycles. The van der Waals surface area contributed by atoms with Crippen molar-refractivity contribution in [1.29, 1.82) is 0 Å². The smallest absolute Gasteiger partial charge is 0.281 e. The Hall–Kier alpha value is -1.22. The maximum Gasteiger partial charge on any atom is 0.281 e. The number of fused-ring (bicyclic) bond motifs is 4. The average Bonchev–Trinajstić information content (AvgIpc) is 2.65. The van der Waals surface area contributed by atoms with Gasteiger partial charge >= 0.3 is 0 Å². The van der Waals surface area contributed by atoms with E-state index in [1.807, 2.05) is 10.6 Å². The molecule has 2 bridgehead atoms. The Bertz CT molecular complexity index is 858. The van der Waals surface area contributed by atoms with Gasteiger partial charge in [0.2, 0.25) is 0 Å². The fourth-order valence-corrected chi connectivity index (χ4v) is 6.07. The summed E-state index contributed by atoms with van der Waals surface area (Å²) in [5.41, 5.74) is 1.99. The number of hydrogen-bond donors (Lipinski definition) is 0. The number of aromatic nitrogens is 1. The van der Waals surface area contributed by atoms with E-state index in [2.05, 4.69) is 11.0 Å². The summed E-state index contributed by atoms with van der Waals surface area (Å²) in [4.78, 5) is 15.5. The van der Waals surface area contributed by atoms with E-state index in [1.54, 1.807) is 18.4 Å². The molecular formula is C19H30N4O3S. The van der Waals surface area contributed by atoms with Gasteiger partial charge in [-0.25, -0.2) is 0 Å². The van der Waals surface area contributed by atoms with Gasteiger partial charge in [-0.2, -0.15) is 17.0 Å². The quantitative estimate of drug-likeness (QED) is 0.766. The van der Waals surface area contributed by atoms with Crippen molar-refractivity contribution in [1.82, 2.24) is 18.1 Å². The van der Waals surface area contributed by atoms with Gasteiger partial charge in [0.05, 0.1) is 0 Å². The molecule has 0 spiro atoms. The molecular weight excluding hydrogens is 364 g/mol. The Morgan fingerprint density at radius 2 is 1.81 bits per heavy atom. The maximum absolute atomic E-state index is 13.1. The first-order chi connectivity index (χ1) is 12.9. The van der Waals surface area contributed by atoms with Crippen LogP contribution in [0.4, 0.5) is 0 Å². The van der Waals surface area contributed by atoms with E-state index in [1.165, 1.54) is 23.6 Å². The molecule has 3 aliphatic heterocycles. The lowest BCUT2D eigenvalue weighted by molar-refractivity contribution is 0.179. The van der Waals surface area contributed by atoms with E-state index in [4.69, 9.17) is 0 Å². The van der Waals surface area contributed by atoms with E-state index < -0.39 is 10.2 Å². The van der Waals surface area contributed by atoms with Crippen molar-refractivity contribution < 1.29 is 8.42 Å². The third-order valence-electron chi connectivity index (χ3n) is 6.28. The summed E-state index contributed by atoms with van der Waals surface area (Å²) in [7, 11) is -0.261. The molecule has 8 heteroatoms. The highest BCUT2D eigenvalue weighted by molar-refractivity contribution is 7.86. The van der Waals surface area contributed by atoms with Crippen molar-refractivity contribution >= 4 is 10.2 Å². The lowest BCUT2D eigenvalue weighted by Crippen LogP contribution is -2.52. The minimum atomic E-state index is -3.41. The Balaban J connectivity index is 1.59. The number of rotatable bonds is 4. The van der Waals surface area contributed by atoms with E-state index in [-0.39, 0.29) is 17.4 Å². The second-order valence-electron chi connectivity index (χ2n) is 8.44. The second kappa shape index (κ2) is 7.31. The van der Waals surface area contributed by atoms with Crippen LogP contribution in [-0.2, 0) is 23.3 Å². The highest BCUT2D eigenvalue weighted by Gasteiger charge is 2.39. The van der Waals surface area contributed by atoms with Crippen molar-refractivity contribution in [3.05, 3.63) is 33.7 Å². The monoisotopic (exact) mass is 394 g/mol. The minimum Gasteiger partial charge on any atom is -0.312 e. The van der Waals surface area contributed by atoms with Crippen LogP contribution in [0.3, 0.4) is 0 Å². The van der Waals surface area contributed by atoms with E-state index in [0.717, 1.165) is 37.3 Å². The molecule has 4 rings (SSSR count). The van der Waals surface area contributed by atoms with Gasteiger partial charge in [0.1, 0.15) is 0 Å². The number of piperidine rings is 2. The lowest BCUT2D eigenvalue weighted by Gasteiger charge is -2.42. The zero-order valence-electron chi connectivity index (χ0n) is 16.3. The molecule has 0 aromatic carbocycles. The average molecular weight is 395 g/mol. The largest absolute Gasteiger partial charge is 0.312 e. The van der Waals surface area contributed by atoms with Crippen molar-refractivity contribution in [3.8, 4) is 0 Å². The van der Waals surface area contributed by atoms with Crippen LogP contribution in [0.15, 0.2) is 16.9 Å². The highest BCUT2D eigenvalue weighted by atomic mass is 32.2. The maximum atomic E-state index is 13.1. The van der Waals surface area contributed by atoms with Gasteiger partial charge in [-0.15, -0.1) is 0 Å². The Kier molecular flexibility index (Phi) is 5.18. The lowest BCUT2D eigenvalue weighted by atomic mass is 9.84. The molecule has 4 heterocycles. The molecule has 2 atom stereocenters. The molecule has 0 radical (unpaired) electrons. The van der Waals surface area contributed by atoms with Crippen molar-refractivity contribution in [2.75, 3.05) is 40.3 Å². The van der Waals surface area contributed by atoms with Crippen molar-refractivity contribution in [2.24, 2.45) is 5.92 Å². The number of pyridine rings is 1. The Morgan fingerprint density at radius 1 is 1.07 bits per heavy atom. The topological polar surface area (TPSA) is 65.9 Å². The standard InChI is InChI=1S/C19H30N4O3S/c1-20(2)27(25,26)22-11-15-10-17(14-22)18-7-6-16(19(24)23(18)12-15)13-21-8-4-3-5-9-21/h6-7,15,17H,3-5,8-14H2,1-2H3/t15-,17+/m0/s1. The fraction of sp³-hybridized carbons (Fsp3) is 0.737. The van der Waals surface area contributed by atoms with Gasteiger partial charge in [-0.3, -0.25) is 9.69 Å². The van der Waals surface area contributed by atoms with Crippen LogP contribution in [0.2, 0.25) is 0 Å². The first-order valence-corrected chi connectivity index (χ1v) is 11.4. The second-order valence-corrected chi connectivity index (χ2v) is 10.6. The zero-order chi connectivity index (χ0) is 19.2. The molecule has 0 unspecified atom stereocenters. The van der Waals surface area contributed by atoms with Crippen LogP contribution >= 0.6 is 0 Å². The predicted octanol–water partition coefficient (Wildman–Crippen LogP) is 1.06. The molecule has 1 aromatic rings. The van der Waals surface area contributed by atoms with Crippen LogP contribution in [0, 0.1) is 5.92 Å². The van der Waals surface area contributed by atoms with Gasteiger partial charge in [0, 0.05) is 57.4 Å². The molecule has 1 aromatic heterocycles. The third kappa shape index (κ3) is 3.60. The van der Waals surface area contributed by atoms with Crippen LogP contribution in [0.25, 0.3) is 0 Å². The van der Waals surface area contributed by atoms with Gasteiger partial charge in [-0.05, 0) is 44.3 Å². The summed E-state index contributed by atoms with van der Waals surface area (Å²) in [6, 6.07) is 4.04. The van der Waals surface area contributed by atoms with Crippen LogP contribution < -0.4 is 5.56 Å². The third-order valence-corrected chi connectivity index (χ3v) is 8.15. The highest BCUT2D eigenvalue weighted by Crippen LogP contribution is 2.36. The fourth-order valence-electron chi connectivity index (χ4n) is 4.85. The van der Waals surface area contributed by atoms with E-state index >= 15 is 0 Å². The molecule has 2 fully saturated rings. The van der Waals surface area contributed by atoms with Gasteiger partial charge in [-0.1, -0.05) is 12.5 Å². The number of nitrogens with zero attached hydrogens (tertiary/aromatic N) is 4. The minimum absolute atomic E-state index is 0.101. The molecule has 3 aliphatic rings. The van der Waals surface area contributed by atoms with Gasteiger partial charge in [0.25, 0.3) is 15.8 Å². The summed E-state index contributed by atoms with van der Waals surface area (Å²) in [6.07, 6.45) is 4.68. The zero-order valence-corrected chi connectivity index (χ0v) is 17.1. The first-order valence-electron chi connectivity index (χ1n) is 9.99. The number of likely N-dealkylation sites (tertiary alicyclic amines) is 1. The van der Waals surface area contributed by atoms with Crippen LogP contribution in [0.5, 0.6) is 0 Å². The molecule has 0 amide bonds. The van der Waals surface area contributed by atoms with Gasteiger partial charge < -0.3 is 4.57 Å². The number of hydrogen-bond acceptors (Lipinski definition) is 4. The Labute approximate surface area is 161 Å². The molecule has 0 saturated carbocycles. The summed E-state index contributed by atoms with van der Waals surface area (Å²) in [6.45, 7) is 4.46. The van der Waals surface area contributed by atoms with Crippen LogP contribution in [0.1, 0.15) is 42.9 Å². The van der Waals surface area contributed by atoms with Crippen LogP contribution in [-0.4, -0.2) is 66.8 Å².